The molecule has 0 unspecified atom stereocenters. The predicted octanol–water partition coefficient (Wildman–Crippen LogP) is 3.85. The van der Waals surface area contributed by atoms with Crippen molar-refractivity contribution >= 4 is 11.9 Å². The molecule has 0 spiro atoms. The number of benzene rings is 2. The summed E-state index contributed by atoms with van der Waals surface area (Å²) >= 11 is 0. The number of nitrogens with one attached hydrogen (secondary N) is 1. The summed E-state index contributed by atoms with van der Waals surface area (Å²) < 4.78 is 32.4. The number of amides is 1. The Hall–Kier alpha value is -2.76. The molecule has 0 saturated carbocycles. The van der Waals surface area contributed by atoms with Crippen molar-refractivity contribution < 1.29 is 23.1 Å². The molecule has 0 heterocycles. The largest absolute Gasteiger partial charge is 0.459 e. The van der Waals surface area contributed by atoms with Crippen molar-refractivity contribution in [1.29, 1.82) is 0 Å². The van der Waals surface area contributed by atoms with Crippen LogP contribution >= 0.6 is 0 Å². The summed E-state index contributed by atoms with van der Waals surface area (Å²) in [5.74, 6) is -3.75. The zero-order valence-corrected chi connectivity index (χ0v) is 14.7. The molecule has 2 rings (SSSR count). The monoisotopic (exact) mass is 361 g/mol. The van der Waals surface area contributed by atoms with Gasteiger partial charge in [0.2, 0.25) is 0 Å². The SMILES string of the molecule is CC(C)C[C@H](NC(=O)c1cccc(F)c1F)C(=O)OCc1ccccc1. The molecular weight excluding hydrogens is 340 g/mol. The molecule has 1 N–H and O–H groups in total. The fourth-order valence-corrected chi connectivity index (χ4v) is 2.43. The minimum absolute atomic E-state index is 0.0679. The smallest absolute Gasteiger partial charge is 0.328 e. The lowest BCUT2D eigenvalue weighted by atomic mass is 10.0. The van der Waals surface area contributed by atoms with Crippen molar-refractivity contribution in [2.75, 3.05) is 0 Å². The van der Waals surface area contributed by atoms with Crippen LogP contribution in [-0.4, -0.2) is 17.9 Å². The highest BCUT2D eigenvalue weighted by atomic mass is 19.2. The second-order valence-corrected chi connectivity index (χ2v) is 6.35. The first kappa shape index (κ1) is 19.6. The van der Waals surface area contributed by atoms with Gasteiger partial charge in [0.1, 0.15) is 12.6 Å². The molecule has 6 heteroatoms. The third-order valence-corrected chi connectivity index (χ3v) is 3.72. The normalized spacial score (nSPS) is 11.9. The van der Waals surface area contributed by atoms with Crippen LogP contribution in [0.1, 0.15) is 36.2 Å². The lowest BCUT2D eigenvalue weighted by Crippen LogP contribution is -2.43. The highest BCUT2D eigenvalue weighted by Crippen LogP contribution is 2.14. The van der Waals surface area contributed by atoms with Crippen molar-refractivity contribution in [2.45, 2.75) is 32.9 Å². The number of carbonyl (C=O) groups excluding carboxylic acids is 2. The van der Waals surface area contributed by atoms with Gasteiger partial charge in [0.25, 0.3) is 5.91 Å². The lowest BCUT2D eigenvalue weighted by Gasteiger charge is -2.19. The molecule has 26 heavy (non-hydrogen) atoms. The molecule has 0 aliphatic heterocycles. The van der Waals surface area contributed by atoms with Gasteiger partial charge in [0.05, 0.1) is 5.56 Å². The van der Waals surface area contributed by atoms with Gasteiger partial charge in [-0.25, -0.2) is 13.6 Å². The summed E-state index contributed by atoms with van der Waals surface area (Å²) in [7, 11) is 0. The second kappa shape index (κ2) is 9.08. The maximum absolute atomic E-state index is 13.8. The molecule has 1 amide bonds. The summed E-state index contributed by atoms with van der Waals surface area (Å²) in [6.45, 7) is 3.83. The summed E-state index contributed by atoms with van der Waals surface area (Å²) in [5.41, 5.74) is 0.362. The van der Waals surface area contributed by atoms with Gasteiger partial charge in [-0.2, -0.15) is 0 Å². The Morgan fingerprint density at radius 3 is 2.38 bits per heavy atom. The van der Waals surface area contributed by atoms with E-state index in [9.17, 15) is 18.4 Å². The van der Waals surface area contributed by atoms with Crippen LogP contribution in [0.5, 0.6) is 0 Å². The Labute approximate surface area is 151 Å². The van der Waals surface area contributed by atoms with Crippen LogP contribution in [0.25, 0.3) is 0 Å². The molecule has 0 bridgehead atoms. The maximum atomic E-state index is 13.8. The molecule has 0 aliphatic carbocycles. The van der Waals surface area contributed by atoms with E-state index >= 15 is 0 Å². The molecule has 0 fully saturated rings. The summed E-state index contributed by atoms with van der Waals surface area (Å²) in [6.07, 6.45) is 0.316. The van der Waals surface area contributed by atoms with Crippen LogP contribution < -0.4 is 5.32 Å². The average molecular weight is 361 g/mol. The number of carbonyl (C=O) groups is 2. The van der Waals surface area contributed by atoms with Crippen molar-refractivity contribution in [2.24, 2.45) is 5.92 Å². The standard InChI is InChI=1S/C20H21F2NO3/c1-13(2)11-17(20(25)26-12-14-7-4-3-5-8-14)23-19(24)15-9-6-10-16(21)18(15)22/h3-10,13,17H,11-12H2,1-2H3,(H,23,24)/t17-/m0/s1. The number of halogens is 2. The summed E-state index contributed by atoms with van der Waals surface area (Å²) in [6, 6.07) is 11.5. The molecule has 1 atom stereocenters. The van der Waals surface area contributed by atoms with E-state index in [1.54, 1.807) is 0 Å². The van der Waals surface area contributed by atoms with Crippen molar-refractivity contribution in [3.8, 4) is 0 Å². The van der Waals surface area contributed by atoms with E-state index < -0.39 is 35.1 Å². The van der Waals surface area contributed by atoms with Gasteiger partial charge in [0.15, 0.2) is 11.6 Å². The number of ether oxygens (including phenoxy) is 1. The minimum Gasteiger partial charge on any atom is -0.459 e. The van der Waals surface area contributed by atoms with Crippen molar-refractivity contribution in [3.63, 3.8) is 0 Å². The van der Waals surface area contributed by atoms with E-state index in [-0.39, 0.29) is 12.5 Å². The first-order valence-electron chi connectivity index (χ1n) is 8.34. The molecule has 0 radical (unpaired) electrons. The third kappa shape index (κ3) is 5.37. The third-order valence-electron chi connectivity index (χ3n) is 3.72. The van der Waals surface area contributed by atoms with E-state index in [4.69, 9.17) is 4.74 Å². The van der Waals surface area contributed by atoms with Gasteiger partial charge < -0.3 is 10.1 Å². The van der Waals surface area contributed by atoms with E-state index in [1.807, 2.05) is 44.2 Å². The zero-order chi connectivity index (χ0) is 19.1. The topological polar surface area (TPSA) is 55.4 Å². The van der Waals surface area contributed by atoms with E-state index in [1.165, 1.54) is 6.07 Å². The Balaban J connectivity index is 2.07. The Bertz CT molecular complexity index is 763. The highest BCUT2D eigenvalue weighted by molar-refractivity contribution is 5.97. The van der Waals surface area contributed by atoms with Crippen LogP contribution in [0.15, 0.2) is 48.5 Å². The fourth-order valence-electron chi connectivity index (χ4n) is 2.43. The Morgan fingerprint density at radius 2 is 1.73 bits per heavy atom. The van der Waals surface area contributed by atoms with Crippen LogP contribution in [0.4, 0.5) is 8.78 Å². The molecule has 2 aromatic carbocycles. The number of hydrogen-bond acceptors (Lipinski definition) is 3. The predicted molar refractivity (Wildman–Crippen MR) is 93.3 cm³/mol. The maximum Gasteiger partial charge on any atom is 0.328 e. The van der Waals surface area contributed by atoms with Crippen LogP contribution in [0.3, 0.4) is 0 Å². The zero-order valence-electron chi connectivity index (χ0n) is 14.7. The van der Waals surface area contributed by atoms with Crippen molar-refractivity contribution in [3.05, 3.63) is 71.3 Å². The first-order valence-corrected chi connectivity index (χ1v) is 8.34. The van der Waals surface area contributed by atoms with Gasteiger partial charge in [-0.1, -0.05) is 50.2 Å². The molecule has 0 aromatic heterocycles. The van der Waals surface area contributed by atoms with Gasteiger partial charge in [-0.05, 0) is 30.0 Å². The lowest BCUT2D eigenvalue weighted by molar-refractivity contribution is -0.147. The van der Waals surface area contributed by atoms with E-state index in [0.717, 1.165) is 17.7 Å². The van der Waals surface area contributed by atoms with Gasteiger partial charge in [-0.15, -0.1) is 0 Å². The Morgan fingerprint density at radius 1 is 1.04 bits per heavy atom. The Kier molecular flexibility index (Phi) is 6.83. The van der Waals surface area contributed by atoms with Crippen molar-refractivity contribution in [1.82, 2.24) is 5.32 Å². The quantitative estimate of drug-likeness (QED) is 0.762. The molecule has 0 aliphatic rings. The van der Waals surface area contributed by atoms with Gasteiger partial charge in [-0.3, -0.25) is 4.79 Å². The second-order valence-electron chi connectivity index (χ2n) is 6.35. The highest BCUT2D eigenvalue weighted by Gasteiger charge is 2.25. The van der Waals surface area contributed by atoms with Crippen LogP contribution in [-0.2, 0) is 16.1 Å². The first-order chi connectivity index (χ1) is 12.4. The van der Waals surface area contributed by atoms with Gasteiger partial charge in [0, 0.05) is 0 Å². The molecule has 0 saturated heterocycles. The average Bonchev–Trinajstić information content (AvgIpc) is 2.61. The van der Waals surface area contributed by atoms with Crippen LogP contribution in [0, 0.1) is 17.6 Å². The fraction of sp³-hybridized carbons (Fsp3) is 0.300. The number of esters is 1. The summed E-state index contributed by atoms with van der Waals surface area (Å²) in [4.78, 5) is 24.6. The number of hydrogen-bond donors (Lipinski definition) is 1. The van der Waals surface area contributed by atoms with E-state index in [0.29, 0.717) is 6.42 Å². The van der Waals surface area contributed by atoms with Crippen LogP contribution in [0.2, 0.25) is 0 Å². The summed E-state index contributed by atoms with van der Waals surface area (Å²) in [5, 5.41) is 2.45. The number of rotatable bonds is 7. The van der Waals surface area contributed by atoms with E-state index in [2.05, 4.69) is 5.32 Å². The van der Waals surface area contributed by atoms with Gasteiger partial charge >= 0.3 is 5.97 Å². The minimum atomic E-state index is -1.24. The molecular formula is C20H21F2NO3. The molecule has 138 valence electrons. The molecule has 4 nitrogen and oxygen atoms in total. The molecule has 2 aromatic rings.